The zero-order valence-electron chi connectivity index (χ0n) is 15.4. The summed E-state index contributed by atoms with van der Waals surface area (Å²) in [5, 5.41) is 0. The fourth-order valence-electron chi connectivity index (χ4n) is 2.20. The van der Waals surface area contributed by atoms with Crippen LogP contribution in [0.4, 0.5) is 0 Å². The van der Waals surface area contributed by atoms with Crippen LogP contribution in [0.1, 0.15) is 84.5 Å². The molecule has 0 aliphatic carbocycles. The lowest BCUT2D eigenvalue weighted by Crippen LogP contribution is -2.09. The van der Waals surface area contributed by atoms with Crippen molar-refractivity contribution < 1.29 is 19.0 Å². The Morgan fingerprint density at radius 2 is 1.17 bits per heavy atom. The molecule has 0 aliphatic heterocycles. The molecule has 0 aromatic heterocycles. The van der Waals surface area contributed by atoms with Crippen LogP contribution in [0.3, 0.4) is 0 Å². The first kappa shape index (κ1) is 22.4. The molecule has 0 unspecified atom stereocenters. The Morgan fingerprint density at radius 1 is 0.609 bits per heavy atom. The third-order valence-electron chi connectivity index (χ3n) is 3.69. The van der Waals surface area contributed by atoms with Crippen LogP contribution in [0.25, 0.3) is 0 Å². The van der Waals surface area contributed by atoms with Gasteiger partial charge in [0.25, 0.3) is 0 Å². The molecule has 0 rings (SSSR count). The average molecular weight is 331 g/mol. The minimum absolute atomic E-state index is 0.0984. The van der Waals surface area contributed by atoms with E-state index in [0.717, 1.165) is 38.7 Å². The van der Waals surface area contributed by atoms with Gasteiger partial charge in [-0.1, -0.05) is 58.8 Å². The molecule has 23 heavy (non-hydrogen) atoms. The maximum Gasteiger partial charge on any atom is 0.305 e. The number of carbonyl (C=O) groups excluding carboxylic acids is 1. The molecule has 0 bridgehead atoms. The lowest BCUT2D eigenvalue weighted by Gasteiger charge is -2.06. The van der Waals surface area contributed by atoms with Crippen molar-refractivity contribution in [3.63, 3.8) is 0 Å². The molecule has 0 aliphatic rings. The molecular weight excluding hydrogens is 292 g/mol. The molecule has 0 aromatic rings. The van der Waals surface area contributed by atoms with Crippen molar-refractivity contribution in [3.8, 4) is 0 Å². The second-order valence-electron chi connectivity index (χ2n) is 6.02. The Balaban J connectivity index is 3.13. The minimum Gasteiger partial charge on any atom is -0.466 e. The Kier molecular flexibility index (Phi) is 18.9. The fraction of sp³-hybridized carbons (Fsp3) is 0.947. The largest absolute Gasteiger partial charge is 0.466 e. The summed E-state index contributed by atoms with van der Waals surface area (Å²) in [5.74, 6) is -0.0984. The highest BCUT2D eigenvalue weighted by molar-refractivity contribution is 5.69. The minimum atomic E-state index is -0.0984. The summed E-state index contributed by atoms with van der Waals surface area (Å²) >= 11 is 0. The van der Waals surface area contributed by atoms with Crippen molar-refractivity contribution in [1.29, 1.82) is 0 Å². The number of hydrogen-bond donors (Lipinski definition) is 0. The van der Waals surface area contributed by atoms with Crippen molar-refractivity contribution in [1.82, 2.24) is 0 Å². The molecular formula is C19H38O4. The van der Waals surface area contributed by atoms with Crippen LogP contribution in [0.2, 0.25) is 0 Å². The summed E-state index contributed by atoms with van der Waals surface area (Å²) in [6.45, 7) is 7.60. The molecule has 4 nitrogen and oxygen atoms in total. The summed E-state index contributed by atoms with van der Waals surface area (Å²) in [5.41, 5.74) is 0. The van der Waals surface area contributed by atoms with Crippen LogP contribution >= 0.6 is 0 Å². The zero-order valence-corrected chi connectivity index (χ0v) is 15.4. The summed E-state index contributed by atoms with van der Waals surface area (Å²) in [6, 6.07) is 0. The molecule has 0 spiro atoms. The van der Waals surface area contributed by atoms with Crippen molar-refractivity contribution in [2.24, 2.45) is 0 Å². The standard InChI is InChI=1S/C19H38O4/c1-3-5-7-8-9-10-11-16-23-19(20)13-12-15-22-18-17-21-14-6-4-2/h3-18H2,1-2H3. The molecule has 138 valence electrons. The van der Waals surface area contributed by atoms with Crippen molar-refractivity contribution in [2.45, 2.75) is 84.5 Å². The lowest BCUT2D eigenvalue weighted by atomic mass is 10.1. The smallest absolute Gasteiger partial charge is 0.305 e. The topological polar surface area (TPSA) is 44.8 Å². The molecule has 0 radical (unpaired) electrons. The van der Waals surface area contributed by atoms with E-state index >= 15 is 0 Å². The first-order valence-electron chi connectivity index (χ1n) is 9.62. The number of unbranched alkanes of at least 4 members (excludes halogenated alkanes) is 7. The van der Waals surface area contributed by atoms with Crippen molar-refractivity contribution in [2.75, 3.05) is 33.0 Å². The SMILES string of the molecule is CCCCCCCCCOC(=O)CCCOCCOCCCC. The molecule has 0 fully saturated rings. The third kappa shape index (κ3) is 19.3. The van der Waals surface area contributed by atoms with Gasteiger partial charge in [-0.15, -0.1) is 0 Å². The van der Waals surface area contributed by atoms with E-state index in [9.17, 15) is 4.79 Å². The van der Waals surface area contributed by atoms with Gasteiger partial charge in [0.1, 0.15) is 0 Å². The molecule has 0 atom stereocenters. The quantitative estimate of drug-likeness (QED) is 0.265. The van der Waals surface area contributed by atoms with Gasteiger partial charge < -0.3 is 14.2 Å². The Morgan fingerprint density at radius 3 is 1.83 bits per heavy atom. The number of hydrogen-bond acceptors (Lipinski definition) is 4. The van der Waals surface area contributed by atoms with E-state index in [4.69, 9.17) is 14.2 Å². The second kappa shape index (κ2) is 19.4. The Bertz CT molecular complexity index is 244. The highest BCUT2D eigenvalue weighted by atomic mass is 16.5. The van der Waals surface area contributed by atoms with E-state index in [2.05, 4.69) is 13.8 Å². The van der Waals surface area contributed by atoms with Gasteiger partial charge in [-0.2, -0.15) is 0 Å². The third-order valence-corrected chi connectivity index (χ3v) is 3.69. The summed E-state index contributed by atoms with van der Waals surface area (Å²) < 4.78 is 16.0. The molecule has 0 N–H and O–H groups in total. The van der Waals surface area contributed by atoms with Gasteiger partial charge in [0.05, 0.1) is 19.8 Å². The van der Waals surface area contributed by atoms with Crippen LogP contribution < -0.4 is 0 Å². The van der Waals surface area contributed by atoms with Crippen LogP contribution in [0.15, 0.2) is 0 Å². The van der Waals surface area contributed by atoms with Crippen LogP contribution in [0.5, 0.6) is 0 Å². The predicted octanol–water partition coefficient (Wildman–Crippen LogP) is 4.89. The van der Waals surface area contributed by atoms with E-state index in [1.54, 1.807) is 0 Å². The van der Waals surface area contributed by atoms with Gasteiger partial charge in [-0.05, 0) is 19.3 Å². The molecule has 0 aromatic carbocycles. The normalized spacial score (nSPS) is 10.9. The summed E-state index contributed by atoms with van der Waals surface area (Å²) in [7, 11) is 0. The van der Waals surface area contributed by atoms with Gasteiger partial charge in [-0.25, -0.2) is 0 Å². The number of ether oxygens (including phenoxy) is 3. The maximum atomic E-state index is 11.5. The van der Waals surface area contributed by atoms with E-state index in [1.165, 1.54) is 32.1 Å². The lowest BCUT2D eigenvalue weighted by molar-refractivity contribution is -0.144. The van der Waals surface area contributed by atoms with Crippen LogP contribution in [-0.4, -0.2) is 39.0 Å². The molecule has 0 saturated carbocycles. The Labute approximate surface area is 143 Å². The number of esters is 1. The molecule has 0 amide bonds. The summed E-state index contributed by atoms with van der Waals surface area (Å²) in [4.78, 5) is 11.5. The zero-order chi connectivity index (χ0) is 17.0. The monoisotopic (exact) mass is 330 g/mol. The summed E-state index contributed by atoms with van der Waals surface area (Å²) in [6.07, 6.45) is 12.1. The van der Waals surface area contributed by atoms with Crippen molar-refractivity contribution in [3.05, 3.63) is 0 Å². The van der Waals surface area contributed by atoms with Gasteiger partial charge in [0.2, 0.25) is 0 Å². The molecule has 0 saturated heterocycles. The highest BCUT2D eigenvalue weighted by Gasteiger charge is 2.02. The fourth-order valence-corrected chi connectivity index (χ4v) is 2.20. The molecule has 0 heterocycles. The Hall–Kier alpha value is -0.610. The van der Waals surface area contributed by atoms with E-state index in [0.29, 0.717) is 32.8 Å². The maximum absolute atomic E-state index is 11.5. The van der Waals surface area contributed by atoms with Crippen molar-refractivity contribution >= 4 is 5.97 Å². The van der Waals surface area contributed by atoms with Crippen LogP contribution in [-0.2, 0) is 19.0 Å². The predicted molar refractivity (Wildman–Crippen MR) is 94.7 cm³/mol. The van der Waals surface area contributed by atoms with E-state index in [-0.39, 0.29) is 5.97 Å². The van der Waals surface area contributed by atoms with Gasteiger partial charge in [0, 0.05) is 19.6 Å². The second-order valence-corrected chi connectivity index (χ2v) is 6.02. The van der Waals surface area contributed by atoms with Gasteiger partial charge in [-0.3, -0.25) is 4.79 Å². The molecule has 4 heteroatoms. The number of rotatable bonds is 18. The first-order valence-corrected chi connectivity index (χ1v) is 9.62. The highest BCUT2D eigenvalue weighted by Crippen LogP contribution is 2.07. The van der Waals surface area contributed by atoms with E-state index < -0.39 is 0 Å². The van der Waals surface area contributed by atoms with Gasteiger partial charge in [0.15, 0.2) is 0 Å². The first-order chi connectivity index (χ1) is 11.3. The van der Waals surface area contributed by atoms with E-state index in [1.807, 2.05) is 0 Å². The average Bonchev–Trinajstić information content (AvgIpc) is 2.56. The number of carbonyl (C=O) groups is 1. The van der Waals surface area contributed by atoms with Crippen LogP contribution in [0, 0.1) is 0 Å². The van der Waals surface area contributed by atoms with Gasteiger partial charge >= 0.3 is 5.97 Å².